The zero-order valence-electron chi connectivity index (χ0n) is 13.3. The minimum absolute atomic E-state index is 0.891. The first-order chi connectivity index (χ1) is 11.3. The van der Waals surface area contributed by atoms with E-state index in [-0.39, 0.29) is 0 Å². The lowest BCUT2D eigenvalue weighted by atomic mass is 9.99. The summed E-state index contributed by atoms with van der Waals surface area (Å²) in [5, 5.41) is 0. The van der Waals surface area contributed by atoms with E-state index in [0.717, 1.165) is 12.2 Å². The summed E-state index contributed by atoms with van der Waals surface area (Å²) < 4.78 is 0. The van der Waals surface area contributed by atoms with Gasteiger partial charge in [-0.15, -0.1) is 0 Å². The van der Waals surface area contributed by atoms with Crippen LogP contribution in [0.4, 0.5) is 5.82 Å². The molecule has 0 amide bonds. The van der Waals surface area contributed by atoms with E-state index in [1.807, 2.05) is 37.5 Å². The smallest absolute Gasteiger partial charge is 0.132 e. The second kappa shape index (κ2) is 7.41. The number of benzene rings is 2. The molecule has 3 rings (SSSR count). The second-order valence-corrected chi connectivity index (χ2v) is 5.48. The minimum Gasteiger partial charge on any atom is -0.336 e. The number of aromatic nitrogens is 1. The number of hydrogen-bond donors (Lipinski definition) is 0. The van der Waals surface area contributed by atoms with Gasteiger partial charge in [-0.2, -0.15) is 0 Å². The average Bonchev–Trinajstić information content (AvgIpc) is 2.63. The highest BCUT2D eigenvalue weighted by Gasteiger charge is 2.06. The van der Waals surface area contributed by atoms with Gasteiger partial charge in [-0.1, -0.05) is 66.7 Å². The zero-order valence-corrected chi connectivity index (χ0v) is 13.3. The van der Waals surface area contributed by atoms with Crippen molar-refractivity contribution in [1.29, 1.82) is 0 Å². The second-order valence-electron chi connectivity index (χ2n) is 5.48. The monoisotopic (exact) mass is 300 g/mol. The SMILES string of the molecule is CN(/C=C(/Cc1ccccc1)c1ccccc1)c1ccccn1. The zero-order chi connectivity index (χ0) is 15.9. The van der Waals surface area contributed by atoms with Crippen LogP contribution in [0.1, 0.15) is 11.1 Å². The van der Waals surface area contributed by atoms with Crippen LogP contribution in [0.15, 0.2) is 91.3 Å². The van der Waals surface area contributed by atoms with E-state index in [0.29, 0.717) is 0 Å². The molecule has 0 aliphatic heterocycles. The molecule has 3 aromatic rings. The van der Waals surface area contributed by atoms with Crippen LogP contribution in [0.25, 0.3) is 5.57 Å². The molecule has 0 radical (unpaired) electrons. The van der Waals surface area contributed by atoms with E-state index < -0.39 is 0 Å². The van der Waals surface area contributed by atoms with Crippen molar-refractivity contribution in [3.8, 4) is 0 Å². The molecule has 0 atom stereocenters. The van der Waals surface area contributed by atoms with E-state index in [2.05, 4.69) is 70.7 Å². The molecule has 114 valence electrons. The summed E-state index contributed by atoms with van der Waals surface area (Å²) in [5.74, 6) is 0.939. The Morgan fingerprint density at radius 1 is 0.870 bits per heavy atom. The molecule has 0 unspecified atom stereocenters. The van der Waals surface area contributed by atoms with Crippen molar-refractivity contribution in [3.05, 3.63) is 102 Å². The largest absolute Gasteiger partial charge is 0.336 e. The maximum Gasteiger partial charge on any atom is 0.132 e. The Bertz CT molecular complexity index is 750. The number of rotatable bonds is 5. The summed E-state index contributed by atoms with van der Waals surface area (Å²) in [5.41, 5.74) is 3.81. The van der Waals surface area contributed by atoms with E-state index in [9.17, 15) is 0 Å². The fourth-order valence-electron chi connectivity index (χ4n) is 2.55. The van der Waals surface area contributed by atoms with Gasteiger partial charge in [0.05, 0.1) is 0 Å². The molecule has 23 heavy (non-hydrogen) atoms. The first kappa shape index (κ1) is 15.0. The van der Waals surface area contributed by atoms with Gasteiger partial charge in [0.2, 0.25) is 0 Å². The van der Waals surface area contributed by atoms with Gasteiger partial charge in [0, 0.05) is 19.4 Å². The van der Waals surface area contributed by atoms with E-state index in [1.165, 1.54) is 16.7 Å². The van der Waals surface area contributed by atoms with Crippen LogP contribution < -0.4 is 4.90 Å². The summed E-state index contributed by atoms with van der Waals surface area (Å²) in [7, 11) is 2.04. The molecule has 1 heterocycles. The lowest BCUT2D eigenvalue weighted by Gasteiger charge is -2.17. The van der Waals surface area contributed by atoms with Gasteiger partial charge in [0.15, 0.2) is 0 Å². The number of allylic oxidation sites excluding steroid dienone is 1. The summed E-state index contributed by atoms with van der Waals surface area (Å²) in [6.07, 6.45) is 4.88. The topological polar surface area (TPSA) is 16.1 Å². The standard InChI is InChI=1S/C21H20N2/c1-23(21-14-8-9-15-22-21)17-20(19-12-6-3-7-13-19)16-18-10-4-2-5-11-18/h2-15,17H,16H2,1H3/b20-17-. The fraction of sp³-hybridized carbons (Fsp3) is 0.0952. The third-order valence-electron chi connectivity index (χ3n) is 3.74. The van der Waals surface area contributed by atoms with Crippen LogP contribution in [0.2, 0.25) is 0 Å². The van der Waals surface area contributed by atoms with Crippen LogP contribution in [-0.4, -0.2) is 12.0 Å². The molecule has 0 N–H and O–H groups in total. The normalized spacial score (nSPS) is 11.3. The quantitative estimate of drug-likeness (QED) is 0.672. The summed E-state index contributed by atoms with van der Waals surface area (Å²) in [6, 6.07) is 27.0. The molecule has 2 aromatic carbocycles. The lowest BCUT2D eigenvalue weighted by molar-refractivity contribution is 1.11. The van der Waals surface area contributed by atoms with Gasteiger partial charge in [-0.25, -0.2) is 4.98 Å². The molecular weight excluding hydrogens is 280 g/mol. The first-order valence-electron chi connectivity index (χ1n) is 7.77. The van der Waals surface area contributed by atoms with Crippen LogP contribution >= 0.6 is 0 Å². The van der Waals surface area contributed by atoms with Crippen molar-refractivity contribution in [2.75, 3.05) is 11.9 Å². The molecule has 0 aliphatic rings. The van der Waals surface area contributed by atoms with Gasteiger partial charge < -0.3 is 4.90 Å². The van der Waals surface area contributed by atoms with Crippen molar-refractivity contribution in [2.24, 2.45) is 0 Å². The van der Waals surface area contributed by atoms with E-state index in [4.69, 9.17) is 0 Å². The Hall–Kier alpha value is -2.87. The molecule has 1 aromatic heterocycles. The molecule has 2 heteroatoms. The van der Waals surface area contributed by atoms with E-state index in [1.54, 1.807) is 0 Å². The van der Waals surface area contributed by atoms with Crippen molar-refractivity contribution < 1.29 is 0 Å². The minimum atomic E-state index is 0.891. The van der Waals surface area contributed by atoms with Crippen LogP contribution in [0, 0.1) is 0 Å². The molecular formula is C21H20N2. The van der Waals surface area contributed by atoms with E-state index >= 15 is 0 Å². The Morgan fingerprint density at radius 3 is 2.17 bits per heavy atom. The van der Waals surface area contributed by atoms with Crippen LogP contribution in [0.3, 0.4) is 0 Å². The molecule has 0 saturated heterocycles. The first-order valence-corrected chi connectivity index (χ1v) is 7.77. The van der Waals surface area contributed by atoms with Crippen molar-refractivity contribution >= 4 is 11.4 Å². The fourth-order valence-corrected chi connectivity index (χ4v) is 2.55. The van der Waals surface area contributed by atoms with Gasteiger partial charge >= 0.3 is 0 Å². The highest BCUT2D eigenvalue weighted by Crippen LogP contribution is 2.21. The van der Waals surface area contributed by atoms with Crippen molar-refractivity contribution in [2.45, 2.75) is 6.42 Å². The third-order valence-corrected chi connectivity index (χ3v) is 3.74. The predicted octanol–water partition coefficient (Wildman–Crippen LogP) is 4.80. The average molecular weight is 300 g/mol. The molecule has 2 nitrogen and oxygen atoms in total. The highest BCUT2D eigenvalue weighted by molar-refractivity contribution is 5.70. The van der Waals surface area contributed by atoms with Gasteiger partial charge in [0.1, 0.15) is 5.82 Å². The highest BCUT2D eigenvalue weighted by atomic mass is 15.1. The Balaban J connectivity index is 1.93. The number of anilines is 1. The van der Waals surface area contributed by atoms with Crippen molar-refractivity contribution in [3.63, 3.8) is 0 Å². The van der Waals surface area contributed by atoms with Gasteiger partial charge in [0.25, 0.3) is 0 Å². The Kier molecular flexibility index (Phi) is 4.85. The van der Waals surface area contributed by atoms with Gasteiger partial charge in [-0.05, 0) is 35.3 Å². The Labute approximate surface area is 137 Å². The Morgan fingerprint density at radius 2 is 1.52 bits per heavy atom. The molecule has 0 aliphatic carbocycles. The molecule has 0 fully saturated rings. The summed E-state index contributed by atoms with van der Waals surface area (Å²) >= 11 is 0. The predicted molar refractivity (Wildman–Crippen MR) is 97.2 cm³/mol. The molecule has 0 saturated carbocycles. The molecule has 0 spiro atoms. The number of hydrogen-bond acceptors (Lipinski definition) is 2. The third kappa shape index (κ3) is 4.07. The maximum atomic E-state index is 4.41. The molecule has 0 bridgehead atoms. The van der Waals surface area contributed by atoms with Gasteiger partial charge in [-0.3, -0.25) is 0 Å². The number of nitrogens with zero attached hydrogens (tertiary/aromatic N) is 2. The summed E-state index contributed by atoms with van der Waals surface area (Å²) in [6.45, 7) is 0. The van der Waals surface area contributed by atoms with Crippen LogP contribution in [0.5, 0.6) is 0 Å². The summed E-state index contributed by atoms with van der Waals surface area (Å²) in [4.78, 5) is 6.49. The van der Waals surface area contributed by atoms with Crippen molar-refractivity contribution in [1.82, 2.24) is 4.98 Å². The number of pyridine rings is 1. The van der Waals surface area contributed by atoms with Crippen LogP contribution in [-0.2, 0) is 6.42 Å². The lowest BCUT2D eigenvalue weighted by Crippen LogP contribution is -2.11. The maximum absolute atomic E-state index is 4.41.